The molecule has 15 atom stereocenters. The summed E-state index contributed by atoms with van der Waals surface area (Å²) in [7, 11) is 0. The van der Waals surface area contributed by atoms with Gasteiger partial charge in [-0.25, -0.2) is 9.59 Å². The smallest absolute Gasteiger partial charge is 0.342 e. The molecule has 20 heteroatoms. The topological polar surface area (TPSA) is 361 Å². The van der Waals surface area contributed by atoms with Crippen LogP contribution in [0.25, 0.3) is 0 Å². The van der Waals surface area contributed by atoms with E-state index >= 15 is 0 Å². The maximum atomic E-state index is 12.2. The first-order chi connectivity index (χ1) is 19.5. The van der Waals surface area contributed by atoms with E-state index in [0.717, 1.165) is 0 Å². The summed E-state index contributed by atoms with van der Waals surface area (Å²) >= 11 is 0. The van der Waals surface area contributed by atoms with E-state index in [0.29, 0.717) is 0 Å². The quantitative estimate of drug-likeness (QED) is 0.108. The number of rotatable bonds is 10. The zero-order valence-corrected chi connectivity index (χ0v) is 22.3. The van der Waals surface area contributed by atoms with E-state index in [4.69, 9.17) is 40.9 Å². The summed E-state index contributed by atoms with van der Waals surface area (Å²) in [6.45, 7) is -1.81. The molecule has 0 saturated carbocycles. The minimum atomic E-state index is -3.73. The Bertz CT molecular complexity index is 970. The van der Waals surface area contributed by atoms with E-state index in [1.165, 1.54) is 6.92 Å². The number of ether oxygens (including phenoxy) is 5. The summed E-state index contributed by atoms with van der Waals surface area (Å²) in [4.78, 5) is 24.3. The number of carbonyl (C=O) groups is 2. The second kappa shape index (κ2) is 12.7. The van der Waals surface area contributed by atoms with Crippen LogP contribution >= 0.6 is 0 Å². The first-order valence-corrected chi connectivity index (χ1v) is 12.9. The van der Waals surface area contributed by atoms with Crippen LogP contribution in [0.5, 0.6) is 0 Å². The van der Waals surface area contributed by atoms with Gasteiger partial charge in [-0.1, -0.05) is 6.92 Å². The Labute approximate surface area is 237 Å². The van der Waals surface area contributed by atoms with Crippen LogP contribution in [0.4, 0.5) is 0 Å². The molecule has 0 bridgehead atoms. The minimum Gasteiger partial charge on any atom is -0.479 e. The summed E-state index contributed by atoms with van der Waals surface area (Å²) in [5.74, 6) is -4.59. The first kappa shape index (κ1) is 34.8. The van der Waals surface area contributed by atoms with E-state index in [-0.39, 0.29) is 0 Å². The Kier molecular flexibility index (Phi) is 10.5. The van der Waals surface area contributed by atoms with Gasteiger partial charge in [-0.05, 0) is 6.42 Å². The Morgan fingerprint density at radius 3 is 1.76 bits per heavy atom. The van der Waals surface area contributed by atoms with E-state index < -0.39 is 129 Å². The number of aliphatic hydroxyl groups excluding tert-OH is 6. The lowest BCUT2D eigenvalue weighted by molar-refractivity contribution is -0.384. The van der Waals surface area contributed by atoms with Crippen LogP contribution in [0.1, 0.15) is 13.3 Å². The van der Waals surface area contributed by atoms with Crippen molar-refractivity contribution in [1.29, 1.82) is 0 Å². The Balaban J connectivity index is 1.91. The van der Waals surface area contributed by atoms with Crippen molar-refractivity contribution in [3.8, 4) is 0 Å². The highest BCUT2D eigenvalue weighted by atomic mass is 16.7. The van der Waals surface area contributed by atoms with Gasteiger partial charge in [0.1, 0.15) is 42.2 Å². The molecule has 3 heterocycles. The molecular formula is C22H39N3O17. The van der Waals surface area contributed by atoms with Crippen molar-refractivity contribution in [2.24, 2.45) is 17.2 Å². The molecule has 0 spiro atoms. The standard InChI is InChI=1S/C22H39N3O17/c1-2-20(5-28)22(37,19(34)35)21(36,18(32)33)14(25)17(42-20)41-13-7(4-27)39-16(9(24)11(13)30)40-12-6(3-26)38-15(31)8(23)10(12)29/h6-17,26-31,36-37H,2-5,23-25H2,1H3,(H,32,33)(H,34,35)/t6-,7-,8-,9-,10-,11-,12?,13?,14+,15-,16+,17+,20-,21+,22+/m1/s1. The third-order valence-corrected chi connectivity index (χ3v) is 8.19. The molecule has 42 heavy (non-hydrogen) atoms. The largest absolute Gasteiger partial charge is 0.479 e. The second-order valence-electron chi connectivity index (χ2n) is 10.4. The molecule has 20 nitrogen and oxygen atoms in total. The number of aliphatic hydroxyl groups is 8. The van der Waals surface area contributed by atoms with Gasteiger partial charge < -0.3 is 92.0 Å². The van der Waals surface area contributed by atoms with Crippen molar-refractivity contribution in [3.05, 3.63) is 0 Å². The summed E-state index contributed by atoms with van der Waals surface area (Å²) in [6.07, 6.45) is -15.6. The molecular weight excluding hydrogens is 578 g/mol. The van der Waals surface area contributed by atoms with Crippen molar-refractivity contribution < 1.29 is 84.3 Å². The van der Waals surface area contributed by atoms with Crippen LogP contribution in [0.3, 0.4) is 0 Å². The highest BCUT2D eigenvalue weighted by molar-refractivity contribution is 5.93. The Hall–Kier alpha value is -1.70. The van der Waals surface area contributed by atoms with Crippen molar-refractivity contribution >= 4 is 11.9 Å². The second-order valence-corrected chi connectivity index (χ2v) is 10.4. The average molecular weight is 618 g/mol. The van der Waals surface area contributed by atoms with Gasteiger partial charge >= 0.3 is 11.9 Å². The molecule has 3 aliphatic heterocycles. The highest BCUT2D eigenvalue weighted by Crippen LogP contribution is 2.47. The van der Waals surface area contributed by atoms with Gasteiger partial charge in [-0.15, -0.1) is 0 Å². The van der Waals surface area contributed by atoms with Gasteiger partial charge in [0.25, 0.3) is 0 Å². The summed E-state index contributed by atoms with van der Waals surface area (Å²) in [5.41, 5.74) is 7.49. The number of aliphatic carboxylic acids is 2. The molecule has 0 aromatic rings. The van der Waals surface area contributed by atoms with Crippen LogP contribution < -0.4 is 17.2 Å². The van der Waals surface area contributed by atoms with Gasteiger partial charge in [0, 0.05) is 0 Å². The number of hydrogen-bond donors (Lipinski definition) is 13. The highest BCUT2D eigenvalue weighted by Gasteiger charge is 2.78. The number of nitrogens with two attached hydrogens (primary N) is 3. The van der Waals surface area contributed by atoms with Gasteiger partial charge in [0.2, 0.25) is 11.2 Å². The molecule has 2 unspecified atom stereocenters. The number of carboxylic acid groups (broad SMARTS) is 2. The maximum Gasteiger partial charge on any atom is 0.342 e. The molecule has 3 rings (SSSR count). The SMILES string of the molecule is CC[C@]1(CO)O[C@H](OC2[C@@H](CO)O[C@@H](OC3[C@@H](CO)O[C@@H](O)[C@H](N)[C@H]3O)[C@H](N)[C@H]2O)[C@H](N)[C@](O)(C(=O)O)[C@]1(O)C(=O)O. The fourth-order valence-corrected chi connectivity index (χ4v) is 5.49. The van der Waals surface area contributed by atoms with Gasteiger partial charge in [0.15, 0.2) is 18.9 Å². The van der Waals surface area contributed by atoms with E-state index in [9.17, 15) is 60.7 Å². The molecule has 3 fully saturated rings. The Morgan fingerprint density at radius 2 is 1.31 bits per heavy atom. The van der Waals surface area contributed by atoms with Crippen molar-refractivity contribution in [2.45, 2.75) is 104 Å². The predicted octanol–water partition coefficient (Wildman–Crippen LogP) is -7.98. The van der Waals surface area contributed by atoms with Crippen LogP contribution in [0, 0.1) is 0 Å². The van der Waals surface area contributed by atoms with Crippen molar-refractivity contribution in [2.75, 3.05) is 19.8 Å². The first-order valence-electron chi connectivity index (χ1n) is 12.9. The fourth-order valence-electron chi connectivity index (χ4n) is 5.49. The molecule has 0 radical (unpaired) electrons. The molecule has 0 aromatic heterocycles. The third-order valence-electron chi connectivity index (χ3n) is 8.19. The lowest BCUT2D eigenvalue weighted by Gasteiger charge is -2.57. The van der Waals surface area contributed by atoms with Gasteiger partial charge in [0.05, 0.1) is 37.9 Å². The van der Waals surface area contributed by atoms with Crippen LogP contribution in [0.2, 0.25) is 0 Å². The maximum absolute atomic E-state index is 12.2. The normalized spacial score (nSPS) is 49.9. The molecule has 244 valence electrons. The summed E-state index contributed by atoms with van der Waals surface area (Å²) < 4.78 is 27.5. The van der Waals surface area contributed by atoms with Crippen molar-refractivity contribution in [1.82, 2.24) is 0 Å². The summed E-state index contributed by atoms with van der Waals surface area (Å²) in [5, 5.41) is 103. The van der Waals surface area contributed by atoms with Crippen LogP contribution in [0.15, 0.2) is 0 Å². The lowest BCUT2D eigenvalue weighted by Crippen LogP contribution is -2.86. The zero-order chi connectivity index (χ0) is 31.9. The molecule has 3 aliphatic rings. The monoisotopic (exact) mass is 617 g/mol. The average Bonchev–Trinajstić information content (AvgIpc) is 2.96. The molecule has 0 aliphatic carbocycles. The van der Waals surface area contributed by atoms with Crippen LogP contribution in [-0.2, 0) is 33.3 Å². The van der Waals surface area contributed by atoms with Gasteiger partial charge in [-0.3, -0.25) is 0 Å². The van der Waals surface area contributed by atoms with Gasteiger partial charge in [-0.2, -0.15) is 0 Å². The number of carboxylic acids is 2. The predicted molar refractivity (Wildman–Crippen MR) is 130 cm³/mol. The minimum absolute atomic E-state index is 0.592. The van der Waals surface area contributed by atoms with E-state index in [2.05, 4.69) is 0 Å². The lowest BCUT2D eigenvalue weighted by atomic mass is 9.64. The van der Waals surface area contributed by atoms with Crippen LogP contribution in [-0.4, -0.2) is 173 Å². The molecule has 3 saturated heterocycles. The van der Waals surface area contributed by atoms with E-state index in [1.807, 2.05) is 0 Å². The molecule has 16 N–H and O–H groups in total. The van der Waals surface area contributed by atoms with E-state index in [1.54, 1.807) is 0 Å². The Morgan fingerprint density at radius 1 is 0.810 bits per heavy atom. The summed E-state index contributed by atoms with van der Waals surface area (Å²) in [6, 6.07) is -5.33. The third kappa shape index (κ3) is 5.19. The zero-order valence-electron chi connectivity index (χ0n) is 22.3. The number of hydrogen-bond acceptors (Lipinski definition) is 18. The van der Waals surface area contributed by atoms with Crippen molar-refractivity contribution in [3.63, 3.8) is 0 Å². The molecule has 0 amide bonds. The molecule has 0 aromatic carbocycles. The fraction of sp³-hybridized carbons (Fsp3) is 0.909.